The minimum absolute atomic E-state index is 0.0364. The van der Waals surface area contributed by atoms with Crippen LogP contribution in [0.3, 0.4) is 0 Å². The Balaban J connectivity index is 1.58. The fourth-order valence-corrected chi connectivity index (χ4v) is 3.03. The first kappa shape index (κ1) is 18.1. The summed E-state index contributed by atoms with van der Waals surface area (Å²) in [6.07, 6.45) is 0.761. The zero-order valence-electron chi connectivity index (χ0n) is 15.1. The highest BCUT2D eigenvalue weighted by Gasteiger charge is 2.27. The average molecular weight is 363 g/mol. The predicted octanol–water partition coefficient (Wildman–Crippen LogP) is 1.35. The molecule has 2 N–H and O–H groups in total. The molecule has 1 aliphatic heterocycles. The van der Waals surface area contributed by atoms with Crippen LogP contribution in [0.1, 0.15) is 18.1 Å². The van der Waals surface area contributed by atoms with E-state index in [2.05, 4.69) is 25.8 Å². The Morgan fingerprint density at radius 3 is 2.65 bits per heavy atom. The van der Waals surface area contributed by atoms with E-state index >= 15 is 0 Å². The van der Waals surface area contributed by atoms with Crippen LogP contribution in [0.15, 0.2) is 23.2 Å². The average Bonchev–Trinajstić information content (AvgIpc) is 3.19. The van der Waals surface area contributed by atoms with Crippen LogP contribution >= 0.6 is 0 Å². The summed E-state index contributed by atoms with van der Waals surface area (Å²) < 4.78 is 29.8. The molecular weight excluding hydrogens is 340 g/mol. The number of anilines is 1. The van der Waals surface area contributed by atoms with Crippen molar-refractivity contribution in [2.75, 3.05) is 25.0 Å². The number of halogens is 2. The highest BCUT2D eigenvalue weighted by molar-refractivity contribution is 5.80. The van der Waals surface area contributed by atoms with Crippen molar-refractivity contribution in [3.63, 3.8) is 0 Å². The summed E-state index contributed by atoms with van der Waals surface area (Å²) in [7, 11) is 3.58. The summed E-state index contributed by atoms with van der Waals surface area (Å²) >= 11 is 0. The van der Waals surface area contributed by atoms with E-state index < -0.39 is 11.6 Å². The monoisotopic (exact) mass is 363 g/mol. The molecule has 3 rings (SSSR count). The molecular formula is C17H23F2N7. The third kappa shape index (κ3) is 3.76. The lowest BCUT2D eigenvalue weighted by Crippen LogP contribution is -2.44. The van der Waals surface area contributed by atoms with Crippen LogP contribution in [0.25, 0.3) is 0 Å². The second kappa shape index (κ2) is 7.67. The molecule has 1 unspecified atom stereocenters. The first-order valence-corrected chi connectivity index (χ1v) is 8.50. The van der Waals surface area contributed by atoms with Crippen molar-refractivity contribution in [2.45, 2.75) is 25.9 Å². The van der Waals surface area contributed by atoms with E-state index in [1.54, 1.807) is 11.9 Å². The first-order chi connectivity index (χ1) is 12.5. The molecule has 0 aliphatic carbocycles. The Bertz CT molecular complexity index is 782. The molecule has 26 heavy (non-hydrogen) atoms. The molecule has 1 aromatic carbocycles. The van der Waals surface area contributed by atoms with E-state index in [1.165, 1.54) is 18.2 Å². The van der Waals surface area contributed by atoms with Crippen molar-refractivity contribution < 1.29 is 8.78 Å². The lowest BCUT2D eigenvalue weighted by molar-refractivity contribution is 0.575. The van der Waals surface area contributed by atoms with Gasteiger partial charge in [0.1, 0.15) is 23.1 Å². The molecule has 9 heteroatoms. The largest absolute Gasteiger partial charge is 0.365 e. The third-order valence-corrected chi connectivity index (χ3v) is 4.60. The van der Waals surface area contributed by atoms with E-state index in [-0.39, 0.29) is 11.7 Å². The van der Waals surface area contributed by atoms with Crippen LogP contribution < -0.4 is 15.5 Å². The predicted molar refractivity (Wildman–Crippen MR) is 96.1 cm³/mol. The van der Waals surface area contributed by atoms with Crippen LogP contribution in [-0.4, -0.2) is 46.9 Å². The Morgan fingerprint density at radius 2 is 2.04 bits per heavy atom. The number of hydrogen-bond donors (Lipinski definition) is 2. The van der Waals surface area contributed by atoms with Gasteiger partial charge in [-0.15, -0.1) is 10.2 Å². The summed E-state index contributed by atoms with van der Waals surface area (Å²) in [5, 5.41) is 14.6. The van der Waals surface area contributed by atoms with Gasteiger partial charge in [0.15, 0.2) is 11.8 Å². The fourth-order valence-electron chi connectivity index (χ4n) is 3.03. The number of benzene rings is 1. The van der Waals surface area contributed by atoms with Gasteiger partial charge in [0.05, 0.1) is 6.54 Å². The topological polar surface area (TPSA) is 70.4 Å². The van der Waals surface area contributed by atoms with Gasteiger partial charge in [-0.25, -0.2) is 8.78 Å². The van der Waals surface area contributed by atoms with Gasteiger partial charge in [0.2, 0.25) is 0 Å². The summed E-state index contributed by atoms with van der Waals surface area (Å²) in [5.41, 5.74) is 0.0364. The van der Waals surface area contributed by atoms with E-state index in [4.69, 9.17) is 0 Å². The SMILES string of the molecule is CN=C(NCc1nnc(C)n1C)NC1CCN(c2c(F)cccc2F)C1. The van der Waals surface area contributed by atoms with E-state index in [0.29, 0.717) is 25.6 Å². The second-order valence-corrected chi connectivity index (χ2v) is 6.29. The van der Waals surface area contributed by atoms with Crippen molar-refractivity contribution in [1.29, 1.82) is 0 Å². The third-order valence-electron chi connectivity index (χ3n) is 4.60. The van der Waals surface area contributed by atoms with Crippen molar-refractivity contribution in [3.8, 4) is 0 Å². The Kier molecular flexibility index (Phi) is 5.34. The molecule has 140 valence electrons. The van der Waals surface area contributed by atoms with Gasteiger partial charge >= 0.3 is 0 Å². The van der Waals surface area contributed by atoms with Crippen molar-refractivity contribution >= 4 is 11.6 Å². The number of para-hydroxylation sites is 1. The number of hydrogen-bond acceptors (Lipinski definition) is 4. The lowest BCUT2D eigenvalue weighted by Gasteiger charge is -2.21. The lowest BCUT2D eigenvalue weighted by atomic mass is 10.2. The zero-order chi connectivity index (χ0) is 18.7. The maximum Gasteiger partial charge on any atom is 0.191 e. The normalized spacial score (nSPS) is 17.7. The summed E-state index contributed by atoms with van der Waals surface area (Å²) in [6, 6.07) is 3.98. The number of nitrogens with one attached hydrogen (secondary N) is 2. The molecule has 7 nitrogen and oxygen atoms in total. The minimum Gasteiger partial charge on any atom is -0.365 e. The van der Waals surface area contributed by atoms with Gasteiger partial charge in [-0.05, 0) is 25.5 Å². The molecule has 2 heterocycles. The smallest absolute Gasteiger partial charge is 0.191 e. The molecule has 1 aromatic heterocycles. The number of aromatic nitrogens is 3. The van der Waals surface area contributed by atoms with Crippen molar-refractivity contribution in [1.82, 2.24) is 25.4 Å². The molecule has 0 spiro atoms. The van der Waals surface area contributed by atoms with E-state index in [0.717, 1.165) is 18.1 Å². The van der Waals surface area contributed by atoms with Crippen LogP contribution in [0.5, 0.6) is 0 Å². The van der Waals surface area contributed by atoms with E-state index in [9.17, 15) is 8.78 Å². The molecule has 1 aliphatic rings. The molecule has 2 aromatic rings. The van der Waals surface area contributed by atoms with Gasteiger partial charge in [0, 0.05) is 33.2 Å². The number of nitrogens with zero attached hydrogens (tertiary/aromatic N) is 5. The fraction of sp³-hybridized carbons (Fsp3) is 0.471. The van der Waals surface area contributed by atoms with Gasteiger partial charge < -0.3 is 20.1 Å². The second-order valence-electron chi connectivity index (χ2n) is 6.29. The number of aryl methyl sites for hydroxylation is 1. The molecule has 0 bridgehead atoms. The number of rotatable bonds is 4. The highest BCUT2D eigenvalue weighted by Crippen LogP contribution is 2.26. The molecule has 1 fully saturated rings. The van der Waals surface area contributed by atoms with Crippen molar-refractivity contribution in [3.05, 3.63) is 41.5 Å². The zero-order valence-corrected chi connectivity index (χ0v) is 15.1. The Hall–Kier alpha value is -2.71. The molecule has 0 amide bonds. The first-order valence-electron chi connectivity index (χ1n) is 8.50. The number of guanidine groups is 1. The maximum absolute atomic E-state index is 14.0. The molecule has 1 saturated heterocycles. The van der Waals surface area contributed by atoms with Crippen LogP contribution in [0.4, 0.5) is 14.5 Å². The molecule has 1 atom stereocenters. The van der Waals surface area contributed by atoms with Gasteiger partial charge in [-0.2, -0.15) is 0 Å². The molecule has 0 radical (unpaired) electrons. The van der Waals surface area contributed by atoms with Crippen LogP contribution in [0.2, 0.25) is 0 Å². The van der Waals surface area contributed by atoms with Gasteiger partial charge in [-0.3, -0.25) is 4.99 Å². The summed E-state index contributed by atoms with van der Waals surface area (Å²) in [4.78, 5) is 5.93. The summed E-state index contributed by atoms with van der Waals surface area (Å²) in [5.74, 6) is 1.18. The standard InChI is InChI=1S/C17H23F2N7/c1-11-23-24-15(25(11)3)9-21-17(20-2)22-12-7-8-26(10-12)16-13(18)5-4-6-14(16)19/h4-6,12H,7-10H2,1-3H3,(H2,20,21,22). The summed E-state index contributed by atoms with van der Waals surface area (Å²) in [6.45, 7) is 3.45. The molecule has 0 saturated carbocycles. The van der Waals surface area contributed by atoms with Crippen LogP contribution in [-0.2, 0) is 13.6 Å². The maximum atomic E-state index is 14.0. The highest BCUT2D eigenvalue weighted by atomic mass is 19.1. The van der Waals surface area contributed by atoms with Gasteiger partial charge in [0.25, 0.3) is 0 Å². The van der Waals surface area contributed by atoms with Gasteiger partial charge in [-0.1, -0.05) is 6.07 Å². The van der Waals surface area contributed by atoms with Crippen molar-refractivity contribution in [2.24, 2.45) is 12.0 Å². The quantitative estimate of drug-likeness (QED) is 0.634. The number of aliphatic imine (C=N–C) groups is 1. The van der Waals surface area contributed by atoms with Crippen LogP contribution in [0, 0.1) is 18.6 Å². The Labute approximate surface area is 151 Å². The minimum atomic E-state index is -0.536. The van der Waals surface area contributed by atoms with E-state index in [1.807, 2.05) is 18.5 Å². The Morgan fingerprint density at radius 1 is 1.31 bits per heavy atom.